The van der Waals surface area contributed by atoms with E-state index in [2.05, 4.69) is 0 Å². The van der Waals surface area contributed by atoms with Gasteiger partial charge in [-0.2, -0.15) is 0 Å². The van der Waals surface area contributed by atoms with Gasteiger partial charge in [0.05, 0.1) is 0 Å². The van der Waals surface area contributed by atoms with E-state index in [4.69, 9.17) is 23.2 Å². The summed E-state index contributed by atoms with van der Waals surface area (Å²) in [6.07, 6.45) is 4.01. The van der Waals surface area contributed by atoms with Crippen molar-refractivity contribution in [3.05, 3.63) is 34.6 Å². The predicted octanol–water partition coefficient (Wildman–Crippen LogP) is 4.43. The Morgan fingerprint density at radius 1 is 1.33 bits per heavy atom. The van der Waals surface area contributed by atoms with Gasteiger partial charge in [0.2, 0.25) is 0 Å². The first-order chi connectivity index (χ1) is 7.16. The minimum atomic E-state index is -0.171. The van der Waals surface area contributed by atoms with Crippen LogP contribution in [-0.4, -0.2) is 5.38 Å². The Morgan fingerprint density at radius 3 is 2.80 bits per heavy atom. The fraction of sp³-hybridized carbons (Fsp3) is 0.500. The Balaban J connectivity index is 2.12. The molecule has 0 amide bonds. The summed E-state index contributed by atoms with van der Waals surface area (Å²) in [6.45, 7) is 0. The number of alkyl halides is 1. The van der Waals surface area contributed by atoms with Crippen LogP contribution in [0.25, 0.3) is 0 Å². The number of halogens is 3. The molecule has 15 heavy (non-hydrogen) atoms. The molecule has 1 aliphatic carbocycles. The summed E-state index contributed by atoms with van der Waals surface area (Å²) in [5.74, 6) is 0.231. The van der Waals surface area contributed by atoms with Gasteiger partial charge >= 0.3 is 0 Å². The van der Waals surface area contributed by atoms with Gasteiger partial charge in [0.1, 0.15) is 5.82 Å². The zero-order valence-corrected chi connectivity index (χ0v) is 9.86. The Hall–Kier alpha value is -0.270. The van der Waals surface area contributed by atoms with Crippen molar-refractivity contribution in [2.75, 3.05) is 0 Å². The summed E-state index contributed by atoms with van der Waals surface area (Å²) in [4.78, 5) is 0. The Bertz CT molecular complexity index is 351. The van der Waals surface area contributed by atoms with Gasteiger partial charge in [-0.1, -0.05) is 18.0 Å². The maximum absolute atomic E-state index is 13.4. The van der Waals surface area contributed by atoms with Gasteiger partial charge in [0.15, 0.2) is 0 Å². The van der Waals surface area contributed by atoms with Crippen LogP contribution in [0.3, 0.4) is 0 Å². The maximum atomic E-state index is 13.4. The highest BCUT2D eigenvalue weighted by Gasteiger charge is 2.26. The van der Waals surface area contributed by atoms with Gasteiger partial charge in [0.25, 0.3) is 0 Å². The highest BCUT2D eigenvalue weighted by molar-refractivity contribution is 6.30. The van der Waals surface area contributed by atoms with E-state index < -0.39 is 0 Å². The summed E-state index contributed by atoms with van der Waals surface area (Å²) >= 11 is 12.0. The molecular formula is C12H13Cl2F. The molecule has 0 saturated heterocycles. The standard InChI is InChI=1S/C12H13Cl2F/c13-10-4-5-12(15)9(7-10)6-8-2-1-3-11(8)14/h4-5,7-8,11H,1-3,6H2. The zero-order valence-electron chi connectivity index (χ0n) is 8.35. The number of hydrogen-bond acceptors (Lipinski definition) is 0. The Morgan fingerprint density at radius 2 is 2.13 bits per heavy atom. The van der Waals surface area contributed by atoms with Crippen molar-refractivity contribution in [1.82, 2.24) is 0 Å². The first-order valence-corrected chi connectivity index (χ1v) is 6.06. The van der Waals surface area contributed by atoms with Crippen molar-refractivity contribution in [3.63, 3.8) is 0 Å². The molecule has 2 rings (SSSR count). The van der Waals surface area contributed by atoms with Crippen molar-refractivity contribution in [1.29, 1.82) is 0 Å². The van der Waals surface area contributed by atoms with Gasteiger partial charge in [-0.3, -0.25) is 0 Å². The molecule has 1 fully saturated rings. The smallest absolute Gasteiger partial charge is 0.126 e. The van der Waals surface area contributed by atoms with Gasteiger partial charge in [-0.05, 0) is 48.9 Å². The third kappa shape index (κ3) is 2.64. The normalized spacial score (nSPS) is 25.8. The molecule has 0 radical (unpaired) electrons. The van der Waals surface area contributed by atoms with E-state index in [9.17, 15) is 4.39 Å². The lowest BCUT2D eigenvalue weighted by Gasteiger charge is -2.14. The molecule has 0 aromatic heterocycles. The van der Waals surface area contributed by atoms with Crippen molar-refractivity contribution < 1.29 is 4.39 Å². The van der Waals surface area contributed by atoms with Gasteiger partial charge in [0, 0.05) is 10.4 Å². The molecule has 0 N–H and O–H groups in total. The lowest BCUT2D eigenvalue weighted by atomic mass is 9.97. The Kier molecular flexibility index (Phi) is 3.53. The monoisotopic (exact) mass is 246 g/mol. The molecule has 1 aliphatic rings. The molecule has 0 spiro atoms. The molecule has 1 saturated carbocycles. The third-order valence-electron chi connectivity index (χ3n) is 3.06. The molecular weight excluding hydrogens is 234 g/mol. The van der Waals surface area contributed by atoms with Crippen molar-refractivity contribution in [2.24, 2.45) is 5.92 Å². The van der Waals surface area contributed by atoms with E-state index >= 15 is 0 Å². The average Bonchev–Trinajstić information content (AvgIpc) is 2.58. The van der Waals surface area contributed by atoms with E-state index in [0.29, 0.717) is 22.9 Å². The van der Waals surface area contributed by atoms with E-state index in [1.54, 1.807) is 12.1 Å². The molecule has 2 atom stereocenters. The molecule has 0 aliphatic heterocycles. The molecule has 1 aromatic rings. The van der Waals surface area contributed by atoms with Crippen LogP contribution >= 0.6 is 23.2 Å². The lowest BCUT2D eigenvalue weighted by Crippen LogP contribution is -2.11. The van der Waals surface area contributed by atoms with Crippen LogP contribution < -0.4 is 0 Å². The third-order valence-corrected chi connectivity index (χ3v) is 3.87. The van der Waals surface area contributed by atoms with E-state index in [1.165, 1.54) is 6.07 Å². The second kappa shape index (κ2) is 4.71. The van der Waals surface area contributed by atoms with Gasteiger partial charge in [-0.15, -0.1) is 11.6 Å². The van der Waals surface area contributed by atoms with Crippen molar-refractivity contribution in [3.8, 4) is 0 Å². The fourth-order valence-corrected chi connectivity index (χ4v) is 2.77. The fourth-order valence-electron chi connectivity index (χ4n) is 2.20. The Labute approximate surface area is 99.4 Å². The van der Waals surface area contributed by atoms with Crippen LogP contribution in [0.5, 0.6) is 0 Å². The van der Waals surface area contributed by atoms with Crippen LogP contribution in [-0.2, 0) is 6.42 Å². The second-order valence-corrected chi connectivity index (χ2v) is 5.14. The first-order valence-electron chi connectivity index (χ1n) is 5.25. The summed E-state index contributed by atoms with van der Waals surface area (Å²) < 4.78 is 13.4. The highest BCUT2D eigenvalue weighted by atomic mass is 35.5. The van der Waals surface area contributed by atoms with Crippen LogP contribution in [0.1, 0.15) is 24.8 Å². The summed E-state index contributed by atoms with van der Waals surface area (Å²) in [5.41, 5.74) is 0.694. The molecule has 2 unspecified atom stereocenters. The largest absolute Gasteiger partial charge is 0.207 e. The van der Waals surface area contributed by atoms with Crippen molar-refractivity contribution in [2.45, 2.75) is 31.1 Å². The topological polar surface area (TPSA) is 0 Å². The number of hydrogen-bond donors (Lipinski definition) is 0. The quantitative estimate of drug-likeness (QED) is 0.678. The van der Waals surface area contributed by atoms with E-state index in [0.717, 1.165) is 19.3 Å². The molecule has 1 aromatic carbocycles. The van der Waals surface area contributed by atoms with Crippen molar-refractivity contribution >= 4 is 23.2 Å². The van der Waals surface area contributed by atoms with E-state index in [1.807, 2.05) is 0 Å². The summed E-state index contributed by atoms with van der Waals surface area (Å²) in [7, 11) is 0. The van der Waals surface area contributed by atoms with Crippen LogP contribution in [0.2, 0.25) is 5.02 Å². The SMILES string of the molecule is Fc1ccc(Cl)cc1CC1CCCC1Cl. The molecule has 0 bridgehead atoms. The molecule has 3 heteroatoms. The summed E-state index contributed by atoms with van der Waals surface area (Å²) in [5, 5.41) is 0.791. The maximum Gasteiger partial charge on any atom is 0.126 e. The first kappa shape index (κ1) is 11.2. The predicted molar refractivity (Wildman–Crippen MR) is 62.1 cm³/mol. The minimum absolute atomic E-state index is 0.171. The second-order valence-electron chi connectivity index (χ2n) is 4.15. The molecule has 82 valence electrons. The highest BCUT2D eigenvalue weighted by Crippen LogP contribution is 2.33. The number of benzene rings is 1. The van der Waals surface area contributed by atoms with Crippen LogP contribution in [0.15, 0.2) is 18.2 Å². The van der Waals surface area contributed by atoms with Gasteiger partial charge in [-0.25, -0.2) is 4.39 Å². The zero-order chi connectivity index (χ0) is 10.8. The average molecular weight is 247 g/mol. The molecule has 0 heterocycles. The minimum Gasteiger partial charge on any atom is -0.207 e. The number of rotatable bonds is 2. The van der Waals surface area contributed by atoms with Crippen LogP contribution in [0, 0.1) is 11.7 Å². The van der Waals surface area contributed by atoms with Gasteiger partial charge < -0.3 is 0 Å². The molecule has 0 nitrogen and oxygen atoms in total. The lowest BCUT2D eigenvalue weighted by molar-refractivity contribution is 0.525. The summed E-state index contributed by atoms with van der Waals surface area (Å²) in [6, 6.07) is 4.71. The van der Waals surface area contributed by atoms with Crippen LogP contribution in [0.4, 0.5) is 4.39 Å². The van der Waals surface area contributed by atoms with E-state index in [-0.39, 0.29) is 11.2 Å².